The first-order valence-electron chi connectivity index (χ1n) is 6.21. The van der Waals surface area contributed by atoms with E-state index < -0.39 is 22.9 Å². The number of hydrogen-bond donors (Lipinski definition) is 1. The monoisotopic (exact) mass is 288 g/mol. The van der Waals surface area contributed by atoms with Crippen molar-refractivity contribution >= 4 is 10.9 Å². The zero-order valence-corrected chi connectivity index (χ0v) is 10.8. The molecule has 0 aliphatic carbocycles. The Hall–Kier alpha value is -2.76. The van der Waals surface area contributed by atoms with E-state index in [2.05, 4.69) is 4.98 Å². The van der Waals surface area contributed by atoms with Crippen molar-refractivity contribution < 1.29 is 8.78 Å². The van der Waals surface area contributed by atoms with Crippen LogP contribution in [-0.2, 0) is 6.54 Å². The molecular weight excluding hydrogens is 278 g/mol. The summed E-state index contributed by atoms with van der Waals surface area (Å²) in [5.41, 5.74) is -0.494. The van der Waals surface area contributed by atoms with Crippen LogP contribution in [0.4, 0.5) is 8.78 Å². The average molecular weight is 288 g/mol. The molecule has 2 aromatic carbocycles. The Morgan fingerprint density at radius 2 is 1.67 bits per heavy atom. The van der Waals surface area contributed by atoms with E-state index in [4.69, 9.17) is 0 Å². The number of fused-ring (bicyclic) bond motifs is 1. The maximum atomic E-state index is 13.2. The summed E-state index contributed by atoms with van der Waals surface area (Å²) in [6.45, 7) is -0.201. The number of H-pyrrole nitrogens is 1. The van der Waals surface area contributed by atoms with Gasteiger partial charge >= 0.3 is 5.69 Å². The minimum atomic E-state index is -0.754. The first-order chi connectivity index (χ1) is 10.0. The number of para-hydroxylation sites is 1. The van der Waals surface area contributed by atoms with Crippen molar-refractivity contribution in [2.75, 3.05) is 0 Å². The maximum Gasteiger partial charge on any atom is 0.329 e. The Balaban J connectivity index is 2.17. The zero-order valence-electron chi connectivity index (χ0n) is 10.8. The standard InChI is InChI=1S/C15H10F2N2O2/c16-10-5-9(6-11(17)7-10)8-19-14(20)12-3-1-2-4-13(12)18-15(19)21/h1-7H,8H2,(H,18,21). The predicted molar refractivity (Wildman–Crippen MR) is 74.3 cm³/mol. The highest BCUT2D eigenvalue weighted by molar-refractivity contribution is 5.76. The van der Waals surface area contributed by atoms with Crippen LogP contribution in [0.5, 0.6) is 0 Å². The van der Waals surface area contributed by atoms with Crippen LogP contribution in [0, 0.1) is 11.6 Å². The molecule has 1 heterocycles. The number of aromatic amines is 1. The Morgan fingerprint density at radius 3 is 2.38 bits per heavy atom. The quantitative estimate of drug-likeness (QED) is 0.784. The van der Waals surface area contributed by atoms with E-state index in [-0.39, 0.29) is 12.1 Å². The number of benzene rings is 2. The molecule has 106 valence electrons. The zero-order chi connectivity index (χ0) is 15.0. The van der Waals surface area contributed by atoms with Crippen molar-refractivity contribution in [3.8, 4) is 0 Å². The summed E-state index contributed by atoms with van der Waals surface area (Å²) in [7, 11) is 0. The van der Waals surface area contributed by atoms with Gasteiger partial charge < -0.3 is 4.98 Å². The lowest BCUT2D eigenvalue weighted by atomic mass is 10.2. The maximum absolute atomic E-state index is 13.2. The molecule has 3 rings (SSSR count). The summed E-state index contributed by atoms with van der Waals surface area (Å²) in [5, 5.41) is 0.342. The topological polar surface area (TPSA) is 54.9 Å². The third kappa shape index (κ3) is 2.47. The highest BCUT2D eigenvalue weighted by atomic mass is 19.1. The van der Waals surface area contributed by atoms with Gasteiger partial charge in [-0.15, -0.1) is 0 Å². The van der Waals surface area contributed by atoms with Crippen LogP contribution >= 0.6 is 0 Å². The van der Waals surface area contributed by atoms with Crippen molar-refractivity contribution in [2.24, 2.45) is 0 Å². The second kappa shape index (κ2) is 4.97. The lowest BCUT2D eigenvalue weighted by Crippen LogP contribution is -2.35. The van der Waals surface area contributed by atoms with Gasteiger partial charge in [0.25, 0.3) is 5.56 Å². The van der Waals surface area contributed by atoms with Crippen LogP contribution in [0.25, 0.3) is 10.9 Å². The van der Waals surface area contributed by atoms with Crippen LogP contribution < -0.4 is 11.2 Å². The minimum absolute atomic E-state index is 0.201. The van der Waals surface area contributed by atoms with Crippen molar-refractivity contribution in [3.05, 3.63) is 80.5 Å². The number of hydrogen-bond acceptors (Lipinski definition) is 2. The van der Waals surface area contributed by atoms with Gasteiger partial charge in [-0.2, -0.15) is 0 Å². The molecule has 1 N–H and O–H groups in total. The van der Waals surface area contributed by atoms with E-state index in [1.165, 1.54) is 0 Å². The van der Waals surface area contributed by atoms with Crippen LogP contribution in [0.3, 0.4) is 0 Å². The summed E-state index contributed by atoms with van der Waals surface area (Å²) in [4.78, 5) is 26.8. The predicted octanol–water partition coefficient (Wildman–Crippen LogP) is 2.02. The average Bonchev–Trinajstić information content (AvgIpc) is 2.42. The van der Waals surface area contributed by atoms with Crippen molar-refractivity contribution in [1.29, 1.82) is 0 Å². The second-order valence-corrected chi connectivity index (χ2v) is 4.64. The fraction of sp³-hybridized carbons (Fsp3) is 0.0667. The summed E-state index contributed by atoms with van der Waals surface area (Å²) >= 11 is 0. The molecule has 0 radical (unpaired) electrons. The van der Waals surface area contributed by atoms with E-state index in [1.807, 2.05) is 0 Å². The largest absolute Gasteiger partial charge is 0.329 e. The molecule has 0 aliphatic rings. The molecule has 3 aromatic rings. The summed E-state index contributed by atoms with van der Waals surface area (Å²) < 4.78 is 27.3. The van der Waals surface area contributed by atoms with Gasteiger partial charge in [-0.1, -0.05) is 12.1 Å². The van der Waals surface area contributed by atoms with Crippen molar-refractivity contribution in [3.63, 3.8) is 0 Å². The lowest BCUT2D eigenvalue weighted by Gasteiger charge is -2.07. The van der Waals surface area contributed by atoms with Crippen LogP contribution in [0.1, 0.15) is 5.56 Å². The molecule has 0 bridgehead atoms. The number of nitrogens with one attached hydrogen (secondary N) is 1. The molecule has 0 amide bonds. The van der Waals surface area contributed by atoms with Gasteiger partial charge in [-0.3, -0.25) is 9.36 Å². The molecule has 6 heteroatoms. The van der Waals surface area contributed by atoms with Crippen molar-refractivity contribution in [2.45, 2.75) is 6.54 Å². The first kappa shape index (κ1) is 13.2. The van der Waals surface area contributed by atoms with Crippen molar-refractivity contribution in [1.82, 2.24) is 9.55 Å². The van der Waals surface area contributed by atoms with E-state index in [9.17, 15) is 18.4 Å². The molecule has 0 saturated carbocycles. The molecule has 1 aromatic heterocycles. The van der Waals surface area contributed by atoms with E-state index >= 15 is 0 Å². The number of nitrogens with zero attached hydrogens (tertiary/aromatic N) is 1. The molecule has 0 saturated heterocycles. The Bertz CT molecular complexity index is 924. The van der Waals surface area contributed by atoms with E-state index in [0.29, 0.717) is 10.9 Å². The van der Waals surface area contributed by atoms with Gasteiger partial charge in [0.2, 0.25) is 0 Å². The van der Waals surface area contributed by atoms with Crippen LogP contribution in [0.15, 0.2) is 52.1 Å². The van der Waals surface area contributed by atoms with Gasteiger partial charge in [-0.25, -0.2) is 13.6 Å². The summed E-state index contributed by atoms with van der Waals surface area (Å²) in [6, 6.07) is 9.48. The Labute approximate surface area is 117 Å². The molecule has 21 heavy (non-hydrogen) atoms. The third-order valence-electron chi connectivity index (χ3n) is 3.15. The third-order valence-corrected chi connectivity index (χ3v) is 3.15. The first-order valence-corrected chi connectivity index (χ1v) is 6.21. The van der Waals surface area contributed by atoms with Gasteiger partial charge in [0.1, 0.15) is 11.6 Å². The highest BCUT2D eigenvalue weighted by Crippen LogP contribution is 2.09. The van der Waals surface area contributed by atoms with Crippen LogP contribution in [0.2, 0.25) is 0 Å². The number of halogens is 2. The second-order valence-electron chi connectivity index (χ2n) is 4.64. The number of rotatable bonds is 2. The fourth-order valence-electron chi connectivity index (χ4n) is 2.23. The molecular formula is C15H10F2N2O2. The summed E-state index contributed by atoms with van der Waals surface area (Å²) in [5.74, 6) is -1.51. The SMILES string of the molecule is O=c1[nH]c2ccccc2c(=O)n1Cc1cc(F)cc(F)c1. The van der Waals surface area contributed by atoms with E-state index in [0.717, 1.165) is 22.8 Å². The summed E-state index contributed by atoms with van der Waals surface area (Å²) in [6.07, 6.45) is 0. The number of aromatic nitrogens is 2. The molecule has 0 spiro atoms. The molecule has 0 fully saturated rings. The molecule has 0 atom stereocenters. The Morgan fingerprint density at radius 1 is 1.00 bits per heavy atom. The molecule has 0 aliphatic heterocycles. The smallest absolute Gasteiger partial charge is 0.307 e. The van der Waals surface area contributed by atoms with Crippen LogP contribution in [-0.4, -0.2) is 9.55 Å². The lowest BCUT2D eigenvalue weighted by molar-refractivity contribution is 0.575. The van der Waals surface area contributed by atoms with Gasteiger partial charge in [-0.05, 0) is 29.8 Å². The fourth-order valence-corrected chi connectivity index (χ4v) is 2.23. The normalized spacial score (nSPS) is 11.0. The van der Waals surface area contributed by atoms with Gasteiger partial charge in [0.15, 0.2) is 0 Å². The highest BCUT2D eigenvalue weighted by Gasteiger charge is 2.09. The molecule has 0 unspecified atom stereocenters. The van der Waals surface area contributed by atoms with Gasteiger partial charge in [0, 0.05) is 6.07 Å². The van der Waals surface area contributed by atoms with E-state index in [1.54, 1.807) is 24.3 Å². The minimum Gasteiger partial charge on any atom is -0.307 e. The Kier molecular flexibility index (Phi) is 3.13. The van der Waals surface area contributed by atoms with Gasteiger partial charge in [0.05, 0.1) is 17.4 Å². The molecule has 4 nitrogen and oxygen atoms in total.